The number of ether oxygens (including phenoxy) is 2. The molecule has 0 fully saturated rings. The van der Waals surface area contributed by atoms with Gasteiger partial charge in [0.25, 0.3) is 5.56 Å². The molecule has 10 nitrogen and oxygen atoms in total. The molecule has 1 aromatic heterocycles. The third-order valence-corrected chi connectivity index (χ3v) is 2.55. The second-order valence-corrected chi connectivity index (χ2v) is 4.52. The first-order chi connectivity index (χ1) is 10.3. The van der Waals surface area contributed by atoms with Crippen molar-refractivity contribution < 1.29 is 29.6 Å². The Morgan fingerprint density at radius 1 is 1.18 bits per heavy atom. The van der Waals surface area contributed by atoms with Crippen molar-refractivity contribution in [3.05, 3.63) is 20.8 Å². The van der Waals surface area contributed by atoms with Crippen molar-refractivity contribution in [3.63, 3.8) is 0 Å². The fourth-order valence-corrected chi connectivity index (χ4v) is 1.47. The van der Waals surface area contributed by atoms with Gasteiger partial charge in [-0.2, -0.15) is 0 Å². The Morgan fingerprint density at radius 3 is 2.45 bits per heavy atom. The number of nitrogens with one attached hydrogen (secondary N) is 2. The zero-order valence-corrected chi connectivity index (χ0v) is 11.9. The van der Waals surface area contributed by atoms with Crippen LogP contribution in [-0.2, 0) is 4.79 Å². The van der Waals surface area contributed by atoms with Gasteiger partial charge in [-0.1, -0.05) is 0 Å². The average Bonchev–Trinajstić information content (AvgIpc) is 2.43. The van der Waals surface area contributed by atoms with Crippen LogP contribution in [0.25, 0.3) is 0 Å². The fourth-order valence-electron chi connectivity index (χ4n) is 1.47. The molecule has 10 heteroatoms. The molecule has 0 aliphatic heterocycles. The summed E-state index contributed by atoms with van der Waals surface area (Å²) in [5.41, 5.74) is -1.76. The van der Waals surface area contributed by atoms with E-state index in [2.05, 4.69) is 4.98 Å². The largest absolute Gasteiger partial charge is 0.476 e. The Morgan fingerprint density at radius 2 is 1.86 bits per heavy atom. The van der Waals surface area contributed by atoms with Gasteiger partial charge in [-0.25, -0.2) is 4.79 Å². The van der Waals surface area contributed by atoms with Gasteiger partial charge in [0.2, 0.25) is 11.6 Å². The number of rotatable bonds is 9. The summed E-state index contributed by atoms with van der Waals surface area (Å²) in [6, 6.07) is 0. The van der Waals surface area contributed by atoms with Crippen LogP contribution >= 0.6 is 0 Å². The maximum Gasteiger partial charge on any atom is 0.328 e. The predicted octanol–water partition coefficient (Wildman–Crippen LogP) is -2.49. The molecule has 0 aliphatic carbocycles. The third kappa shape index (κ3) is 5.31. The zero-order valence-electron chi connectivity index (χ0n) is 11.9. The van der Waals surface area contributed by atoms with Crippen molar-refractivity contribution in [2.24, 2.45) is 0 Å². The number of H-pyrrole nitrogens is 2. The molecule has 2 atom stereocenters. The molecule has 5 N–H and O–H groups in total. The molecule has 1 rings (SSSR count). The van der Waals surface area contributed by atoms with E-state index in [9.17, 15) is 24.6 Å². The number of aliphatic hydroxyl groups excluding tert-OH is 3. The van der Waals surface area contributed by atoms with Crippen LogP contribution in [0.3, 0.4) is 0 Å². The number of aromatic amines is 2. The molecule has 0 saturated carbocycles. The van der Waals surface area contributed by atoms with Crippen LogP contribution in [-0.4, -0.2) is 63.1 Å². The highest BCUT2D eigenvalue weighted by atomic mass is 16.5. The van der Waals surface area contributed by atoms with Crippen LogP contribution in [0.2, 0.25) is 0 Å². The monoisotopic (exact) mass is 318 g/mol. The highest BCUT2D eigenvalue weighted by Gasteiger charge is 2.19. The molecule has 22 heavy (non-hydrogen) atoms. The maximum absolute atomic E-state index is 11.6. The van der Waals surface area contributed by atoms with Gasteiger partial charge in [-0.3, -0.25) is 19.6 Å². The highest BCUT2D eigenvalue weighted by Crippen LogP contribution is 2.17. The summed E-state index contributed by atoms with van der Waals surface area (Å²) in [7, 11) is 0. The molecule has 1 heterocycles. The molecule has 1 aromatic rings. The molecule has 0 amide bonds. The molecule has 0 bridgehead atoms. The SMILES string of the molecule is CC(=O)COc1c(OCC(O)C(O)CCO)[nH]c(=O)[nH]c1=O. The lowest BCUT2D eigenvalue weighted by Crippen LogP contribution is -2.33. The van der Waals surface area contributed by atoms with Gasteiger partial charge >= 0.3 is 5.69 Å². The molecule has 2 unspecified atom stereocenters. The lowest BCUT2D eigenvalue weighted by Gasteiger charge is -2.18. The Kier molecular flexibility index (Phi) is 6.76. The first-order valence-electron chi connectivity index (χ1n) is 6.43. The van der Waals surface area contributed by atoms with E-state index in [-0.39, 0.29) is 24.7 Å². The third-order valence-electron chi connectivity index (χ3n) is 2.55. The van der Waals surface area contributed by atoms with E-state index < -0.39 is 42.4 Å². The van der Waals surface area contributed by atoms with Crippen molar-refractivity contribution >= 4 is 5.78 Å². The van der Waals surface area contributed by atoms with E-state index >= 15 is 0 Å². The Labute approximate surface area is 124 Å². The molecular weight excluding hydrogens is 300 g/mol. The minimum Gasteiger partial charge on any atom is -0.476 e. The van der Waals surface area contributed by atoms with Crippen LogP contribution in [0.15, 0.2) is 9.59 Å². The van der Waals surface area contributed by atoms with Gasteiger partial charge in [0, 0.05) is 6.61 Å². The average molecular weight is 318 g/mol. The summed E-state index contributed by atoms with van der Waals surface area (Å²) < 4.78 is 10.0. The van der Waals surface area contributed by atoms with Crippen molar-refractivity contribution in [2.75, 3.05) is 19.8 Å². The molecule has 124 valence electrons. The normalized spacial score (nSPS) is 13.5. The molecule has 0 spiro atoms. The standard InChI is InChI=1S/C12H18N2O8/c1-6(16)4-21-9-10(19)13-12(20)14-11(9)22-5-8(18)7(17)2-3-15/h7-8,15,17-18H,2-5H2,1H3,(H2,13,14,19,20). The first kappa shape index (κ1) is 17.9. The predicted molar refractivity (Wildman–Crippen MR) is 73.1 cm³/mol. The van der Waals surface area contributed by atoms with Gasteiger partial charge in [0.15, 0.2) is 5.78 Å². The van der Waals surface area contributed by atoms with Gasteiger partial charge < -0.3 is 24.8 Å². The summed E-state index contributed by atoms with van der Waals surface area (Å²) in [6.45, 7) is 0.0562. The van der Waals surface area contributed by atoms with Gasteiger partial charge in [0.1, 0.15) is 19.3 Å². The van der Waals surface area contributed by atoms with Gasteiger partial charge in [0.05, 0.1) is 6.10 Å². The van der Waals surface area contributed by atoms with Crippen molar-refractivity contribution in [1.82, 2.24) is 9.97 Å². The molecule has 0 radical (unpaired) electrons. The number of carbonyl (C=O) groups is 1. The summed E-state index contributed by atoms with van der Waals surface area (Å²) in [5.74, 6) is -1.14. The summed E-state index contributed by atoms with van der Waals surface area (Å²) in [4.78, 5) is 37.8. The maximum atomic E-state index is 11.6. The Hall–Kier alpha value is -2.17. The molecule has 0 saturated heterocycles. The number of hydrogen-bond donors (Lipinski definition) is 5. The first-order valence-corrected chi connectivity index (χ1v) is 6.43. The molecule has 0 aliphatic rings. The van der Waals surface area contributed by atoms with E-state index in [1.165, 1.54) is 6.92 Å². The number of aliphatic hydroxyl groups is 3. The minimum absolute atomic E-state index is 0.0654. The summed E-state index contributed by atoms with van der Waals surface area (Å²) in [6.07, 6.45) is -2.65. The smallest absolute Gasteiger partial charge is 0.328 e. The number of Topliss-reactive ketones (excluding diaryl/α,β-unsaturated/α-hetero) is 1. The van der Waals surface area contributed by atoms with Gasteiger partial charge in [-0.05, 0) is 13.3 Å². The number of aromatic nitrogens is 2. The van der Waals surface area contributed by atoms with E-state index in [0.717, 1.165) is 0 Å². The van der Waals surface area contributed by atoms with Crippen LogP contribution in [0.5, 0.6) is 11.6 Å². The van der Waals surface area contributed by atoms with E-state index in [4.69, 9.17) is 14.6 Å². The van der Waals surface area contributed by atoms with Crippen molar-refractivity contribution in [3.8, 4) is 11.6 Å². The number of hydrogen-bond acceptors (Lipinski definition) is 8. The fraction of sp³-hybridized carbons (Fsp3) is 0.583. The van der Waals surface area contributed by atoms with Crippen LogP contribution in [0, 0.1) is 0 Å². The van der Waals surface area contributed by atoms with E-state index in [1.807, 2.05) is 4.98 Å². The van der Waals surface area contributed by atoms with Crippen LogP contribution in [0.4, 0.5) is 0 Å². The molecule has 0 aromatic carbocycles. The van der Waals surface area contributed by atoms with E-state index in [0.29, 0.717) is 0 Å². The zero-order chi connectivity index (χ0) is 16.7. The van der Waals surface area contributed by atoms with Gasteiger partial charge in [-0.15, -0.1) is 0 Å². The lowest BCUT2D eigenvalue weighted by molar-refractivity contribution is -0.118. The van der Waals surface area contributed by atoms with E-state index in [1.54, 1.807) is 0 Å². The summed E-state index contributed by atoms with van der Waals surface area (Å²) in [5, 5.41) is 27.7. The summed E-state index contributed by atoms with van der Waals surface area (Å²) >= 11 is 0. The molecular formula is C12H18N2O8. The highest BCUT2D eigenvalue weighted by molar-refractivity contribution is 5.77. The second-order valence-electron chi connectivity index (χ2n) is 4.52. The second kappa shape index (κ2) is 8.32. The number of ketones is 1. The Balaban J connectivity index is 2.86. The van der Waals surface area contributed by atoms with Crippen LogP contribution < -0.4 is 20.7 Å². The quantitative estimate of drug-likeness (QED) is 0.334. The Bertz CT molecular complexity index is 608. The lowest BCUT2D eigenvalue weighted by atomic mass is 10.1. The van der Waals surface area contributed by atoms with Crippen molar-refractivity contribution in [2.45, 2.75) is 25.6 Å². The number of carbonyl (C=O) groups excluding carboxylic acids is 1. The topological polar surface area (TPSA) is 162 Å². The van der Waals surface area contributed by atoms with Crippen molar-refractivity contribution in [1.29, 1.82) is 0 Å². The minimum atomic E-state index is -1.35. The van der Waals surface area contributed by atoms with Crippen LogP contribution in [0.1, 0.15) is 13.3 Å².